The Labute approximate surface area is 140 Å². The van der Waals surface area contributed by atoms with Crippen LogP contribution in [0.5, 0.6) is 0 Å². The van der Waals surface area contributed by atoms with E-state index in [0.29, 0.717) is 18.8 Å². The first-order valence-electron chi connectivity index (χ1n) is 8.15. The van der Waals surface area contributed by atoms with Crippen LogP contribution in [0, 0.1) is 0 Å². The largest absolute Gasteiger partial charge is 0.390 e. The van der Waals surface area contributed by atoms with Crippen molar-refractivity contribution in [2.45, 2.75) is 25.6 Å². The first-order valence-corrected chi connectivity index (χ1v) is 8.15. The van der Waals surface area contributed by atoms with Crippen LogP contribution in [0.4, 0.5) is 0 Å². The maximum absolute atomic E-state index is 12.0. The summed E-state index contributed by atoms with van der Waals surface area (Å²) < 4.78 is 0. The molecule has 1 unspecified atom stereocenters. The topological polar surface area (TPSA) is 107 Å². The Morgan fingerprint density at radius 2 is 2.21 bits per heavy atom. The standard InChI is InChI=1S/C17H23N5O2/c18-8-14-7-16(21-20-14)17(24)19-9-15(23)11-22-6-5-12-3-1-2-4-13(12)10-22/h1-4,7,15,23H,5-6,8-11,18H2,(H,19,24)(H,20,21). The predicted octanol–water partition coefficient (Wildman–Crippen LogP) is 0.0174. The third-order valence-electron chi connectivity index (χ3n) is 4.26. The highest BCUT2D eigenvalue weighted by atomic mass is 16.3. The van der Waals surface area contributed by atoms with Gasteiger partial charge in [0.15, 0.2) is 0 Å². The summed E-state index contributed by atoms with van der Waals surface area (Å²) in [4.78, 5) is 14.2. The molecule has 0 aliphatic carbocycles. The second-order valence-corrected chi connectivity index (χ2v) is 6.10. The number of rotatable bonds is 6. The van der Waals surface area contributed by atoms with Crippen LogP contribution in [0.25, 0.3) is 0 Å². The molecule has 0 bridgehead atoms. The molecule has 0 saturated heterocycles. The number of amides is 1. The number of benzene rings is 1. The van der Waals surface area contributed by atoms with Crippen molar-refractivity contribution in [3.05, 3.63) is 52.8 Å². The van der Waals surface area contributed by atoms with Crippen LogP contribution < -0.4 is 11.1 Å². The molecule has 0 saturated carbocycles. The van der Waals surface area contributed by atoms with E-state index in [0.717, 1.165) is 19.5 Å². The number of carbonyl (C=O) groups excluding carboxylic acids is 1. The van der Waals surface area contributed by atoms with Gasteiger partial charge in [0.1, 0.15) is 5.69 Å². The number of hydrogen-bond donors (Lipinski definition) is 4. The molecule has 1 aromatic heterocycles. The number of aliphatic hydroxyl groups is 1. The van der Waals surface area contributed by atoms with E-state index >= 15 is 0 Å². The highest BCUT2D eigenvalue weighted by Gasteiger charge is 2.19. The van der Waals surface area contributed by atoms with Gasteiger partial charge >= 0.3 is 0 Å². The van der Waals surface area contributed by atoms with Gasteiger partial charge in [-0.3, -0.25) is 14.8 Å². The summed E-state index contributed by atoms with van der Waals surface area (Å²) in [6.07, 6.45) is 0.372. The molecule has 2 aromatic rings. The number of aliphatic hydroxyl groups excluding tert-OH is 1. The highest BCUT2D eigenvalue weighted by Crippen LogP contribution is 2.18. The SMILES string of the molecule is NCc1cc(C(=O)NCC(O)CN2CCc3ccccc3C2)n[nH]1. The first kappa shape index (κ1) is 16.6. The average molecular weight is 329 g/mol. The molecule has 128 valence electrons. The summed E-state index contributed by atoms with van der Waals surface area (Å²) in [6, 6.07) is 10.00. The first-order chi connectivity index (χ1) is 11.7. The van der Waals surface area contributed by atoms with Gasteiger partial charge in [-0.1, -0.05) is 24.3 Å². The Morgan fingerprint density at radius 1 is 1.42 bits per heavy atom. The number of fused-ring (bicyclic) bond motifs is 1. The van der Waals surface area contributed by atoms with Gasteiger partial charge in [-0.15, -0.1) is 0 Å². The molecule has 0 fully saturated rings. The third-order valence-corrected chi connectivity index (χ3v) is 4.26. The lowest BCUT2D eigenvalue weighted by molar-refractivity contribution is 0.0838. The zero-order valence-electron chi connectivity index (χ0n) is 13.5. The van der Waals surface area contributed by atoms with Crippen LogP contribution in [0.3, 0.4) is 0 Å². The van der Waals surface area contributed by atoms with Crippen LogP contribution in [-0.4, -0.2) is 51.8 Å². The molecule has 0 spiro atoms. The highest BCUT2D eigenvalue weighted by molar-refractivity contribution is 5.92. The summed E-state index contributed by atoms with van der Waals surface area (Å²) in [5.41, 5.74) is 9.15. The van der Waals surface area contributed by atoms with E-state index in [1.54, 1.807) is 6.07 Å². The Bertz CT molecular complexity index is 700. The van der Waals surface area contributed by atoms with Gasteiger partial charge < -0.3 is 16.2 Å². The zero-order valence-corrected chi connectivity index (χ0v) is 13.5. The molecular formula is C17H23N5O2. The van der Waals surface area contributed by atoms with E-state index in [1.807, 2.05) is 6.07 Å². The van der Waals surface area contributed by atoms with Crippen LogP contribution >= 0.6 is 0 Å². The maximum Gasteiger partial charge on any atom is 0.271 e. The quantitative estimate of drug-likeness (QED) is 0.597. The number of nitrogens with two attached hydrogens (primary N) is 1. The minimum absolute atomic E-state index is 0.196. The number of H-pyrrole nitrogens is 1. The molecule has 1 aliphatic rings. The summed E-state index contributed by atoms with van der Waals surface area (Å²) in [6.45, 7) is 2.78. The second kappa shape index (κ2) is 7.57. The molecule has 1 aromatic carbocycles. The van der Waals surface area contributed by atoms with E-state index in [9.17, 15) is 9.90 Å². The molecule has 24 heavy (non-hydrogen) atoms. The molecule has 1 atom stereocenters. The van der Waals surface area contributed by atoms with Crippen LogP contribution in [0.15, 0.2) is 30.3 Å². The number of hydrogen-bond acceptors (Lipinski definition) is 5. The number of carbonyl (C=O) groups is 1. The Morgan fingerprint density at radius 3 is 2.96 bits per heavy atom. The second-order valence-electron chi connectivity index (χ2n) is 6.10. The van der Waals surface area contributed by atoms with E-state index in [-0.39, 0.29) is 18.1 Å². The molecule has 5 N–H and O–H groups in total. The number of β-amino-alcohol motifs (C(OH)–C–C–N with tert-alkyl or cyclic N) is 1. The van der Waals surface area contributed by atoms with E-state index in [4.69, 9.17) is 5.73 Å². The van der Waals surface area contributed by atoms with Crippen LogP contribution in [-0.2, 0) is 19.5 Å². The molecule has 1 aliphatic heterocycles. The van der Waals surface area contributed by atoms with Crippen molar-refractivity contribution >= 4 is 5.91 Å². The van der Waals surface area contributed by atoms with Crippen molar-refractivity contribution in [1.29, 1.82) is 0 Å². The van der Waals surface area contributed by atoms with Crippen molar-refractivity contribution in [2.75, 3.05) is 19.6 Å². The number of nitrogens with one attached hydrogen (secondary N) is 2. The van der Waals surface area contributed by atoms with Crippen molar-refractivity contribution < 1.29 is 9.90 Å². The Balaban J connectivity index is 1.46. The maximum atomic E-state index is 12.0. The third kappa shape index (κ3) is 4.00. The monoisotopic (exact) mass is 329 g/mol. The summed E-state index contributed by atoms with van der Waals surface area (Å²) in [7, 11) is 0. The molecular weight excluding hydrogens is 306 g/mol. The van der Waals surface area contributed by atoms with Crippen LogP contribution in [0.2, 0.25) is 0 Å². The lowest BCUT2D eigenvalue weighted by Gasteiger charge is -2.30. The fraction of sp³-hybridized carbons (Fsp3) is 0.412. The smallest absolute Gasteiger partial charge is 0.271 e. The van der Waals surface area contributed by atoms with Gasteiger partial charge in [0.25, 0.3) is 5.91 Å². The minimum atomic E-state index is -0.618. The van der Waals surface area contributed by atoms with Gasteiger partial charge in [-0.25, -0.2) is 0 Å². The predicted molar refractivity (Wildman–Crippen MR) is 90.2 cm³/mol. The van der Waals surface area contributed by atoms with E-state index < -0.39 is 6.10 Å². The lowest BCUT2D eigenvalue weighted by atomic mass is 10.00. The number of aromatic amines is 1. The van der Waals surface area contributed by atoms with Gasteiger partial charge in [-0.2, -0.15) is 5.10 Å². The summed E-state index contributed by atoms with van der Waals surface area (Å²) >= 11 is 0. The molecule has 7 nitrogen and oxygen atoms in total. The van der Waals surface area contributed by atoms with E-state index in [2.05, 4.69) is 38.6 Å². The fourth-order valence-corrected chi connectivity index (χ4v) is 2.96. The minimum Gasteiger partial charge on any atom is -0.390 e. The van der Waals surface area contributed by atoms with Gasteiger partial charge in [0, 0.05) is 38.4 Å². The van der Waals surface area contributed by atoms with Crippen molar-refractivity contribution in [1.82, 2.24) is 20.4 Å². The van der Waals surface area contributed by atoms with Crippen molar-refractivity contribution in [2.24, 2.45) is 5.73 Å². The number of nitrogens with zero attached hydrogens (tertiary/aromatic N) is 2. The average Bonchev–Trinajstić information content (AvgIpc) is 3.09. The van der Waals surface area contributed by atoms with Crippen LogP contribution in [0.1, 0.15) is 27.3 Å². The Kier molecular flexibility index (Phi) is 5.24. The lowest BCUT2D eigenvalue weighted by Crippen LogP contribution is -2.42. The molecule has 0 radical (unpaired) electrons. The molecule has 3 rings (SSSR count). The summed E-state index contributed by atoms with van der Waals surface area (Å²) in [5, 5.41) is 19.5. The Hall–Kier alpha value is -2.22. The fourth-order valence-electron chi connectivity index (χ4n) is 2.96. The van der Waals surface area contributed by atoms with Gasteiger partial charge in [0.2, 0.25) is 0 Å². The molecule has 7 heteroatoms. The summed E-state index contributed by atoms with van der Waals surface area (Å²) in [5.74, 6) is -0.311. The van der Waals surface area contributed by atoms with Gasteiger partial charge in [-0.05, 0) is 23.6 Å². The van der Waals surface area contributed by atoms with Gasteiger partial charge in [0.05, 0.1) is 6.10 Å². The normalized spacial score (nSPS) is 15.8. The molecule has 2 heterocycles. The number of aromatic nitrogens is 2. The zero-order chi connectivity index (χ0) is 16.9. The van der Waals surface area contributed by atoms with Crippen molar-refractivity contribution in [3.8, 4) is 0 Å². The molecule has 1 amide bonds. The van der Waals surface area contributed by atoms with E-state index in [1.165, 1.54) is 11.1 Å². The van der Waals surface area contributed by atoms with Crippen molar-refractivity contribution in [3.63, 3.8) is 0 Å².